The van der Waals surface area contributed by atoms with Gasteiger partial charge in [-0.15, -0.1) is 0 Å². The highest BCUT2D eigenvalue weighted by Gasteiger charge is 2.31. The number of hydrogen-bond donors (Lipinski definition) is 1. The molecular weight excluding hydrogens is 250 g/mol. The Balaban J connectivity index is 2.24. The van der Waals surface area contributed by atoms with Gasteiger partial charge in [0.25, 0.3) is 5.91 Å². The second kappa shape index (κ2) is 5.71. The summed E-state index contributed by atoms with van der Waals surface area (Å²) in [5, 5.41) is 8.89. The Labute approximate surface area is 110 Å². The van der Waals surface area contributed by atoms with Gasteiger partial charge < -0.3 is 19.5 Å². The molecule has 0 saturated carbocycles. The zero-order chi connectivity index (χ0) is 13.8. The molecule has 1 amide bonds. The van der Waals surface area contributed by atoms with Crippen LogP contribution in [-0.2, 0) is 14.3 Å². The number of carbonyl (C=O) groups is 2. The highest BCUT2D eigenvalue weighted by Crippen LogP contribution is 2.24. The molecule has 1 aliphatic rings. The van der Waals surface area contributed by atoms with E-state index in [0.29, 0.717) is 11.4 Å². The molecule has 0 radical (unpaired) electrons. The summed E-state index contributed by atoms with van der Waals surface area (Å²) in [4.78, 5) is 24.2. The quantitative estimate of drug-likeness (QED) is 0.875. The van der Waals surface area contributed by atoms with Crippen molar-refractivity contribution in [3.05, 3.63) is 24.3 Å². The lowest BCUT2D eigenvalue weighted by Crippen LogP contribution is -2.50. The number of nitrogens with zero attached hydrogens (tertiary/aromatic N) is 1. The van der Waals surface area contributed by atoms with E-state index in [1.54, 1.807) is 31.4 Å². The van der Waals surface area contributed by atoms with Crippen LogP contribution < -0.4 is 9.64 Å². The smallest absolute Gasteiger partial charge is 0.305 e. The summed E-state index contributed by atoms with van der Waals surface area (Å²) in [6.07, 6.45) is -0.141. The van der Waals surface area contributed by atoms with Gasteiger partial charge in [-0.3, -0.25) is 9.59 Å². The van der Waals surface area contributed by atoms with Gasteiger partial charge in [-0.2, -0.15) is 0 Å². The summed E-state index contributed by atoms with van der Waals surface area (Å²) < 4.78 is 10.2. The summed E-state index contributed by atoms with van der Waals surface area (Å²) >= 11 is 0. The molecule has 0 spiro atoms. The van der Waals surface area contributed by atoms with E-state index in [4.69, 9.17) is 14.6 Å². The van der Waals surface area contributed by atoms with E-state index in [1.165, 1.54) is 4.90 Å². The number of hydrogen-bond acceptors (Lipinski definition) is 4. The number of ether oxygens (including phenoxy) is 2. The molecule has 0 bridgehead atoms. The molecule has 1 heterocycles. The SMILES string of the molecule is COc1ccc(N2C(=O)COCC2CC(=O)O)cc1. The van der Waals surface area contributed by atoms with E-state index < -0.39 is 12.0 Å². The van der Waals surface area contributed by atoms with Gasteiger partial charge >= 0.3 is 5.97 Å². The average Bonchev–Trinajstić information content (AvgIpc) is 2.38. The van der Waals surface area contributed by atoms with Gasteiger partial charge in [0.05, 0.1) is 26.2 Å². The first kappa shape index (κ1) is 13.4. The second-order valence-electron chi connectivity index (χ2n) is 4.23. The minimum atomic E-state index is -0.957. The molecular formula is C13H15NO5. The van der Waals surface area contributed by atoms with Crippen LogP contribution in [0.15, 0.2) is 24.3 Å². The number of anilines is 1. The molecule has 1 atom stereocenters. The summed E-state index contributed by atoms with van der Waals surface area (Å²) in [6.45, 7) is 0.201. The number of carboxylic acid groups (broad SMARTS) is 1. The first-order valence-electron chi connectivity index (χ1n) is 5.87. The molecule has 102 valence electrons. The van der Waals surface area contributed by atoms with Crippen molar-refractivity contribution in [1.29, 1.82) is 0 Å². The fraction of sp³-hybridized carbons (Fsp3) is 0.385. The second-order valence-corrected chi connectivity index (χ2v) is 4.23. The van der Waals surface area contributed by atoms with Gasteiger partial charge in [-0.1, -0.05) is 0 Å². The molecule has 0 aliphatic carbocycles. The maximum absolute atomic E-state index is 11.9. The van der Waals surface area contributed by atoms with Crippen molar-refractivity contribution < 1.29 is 24.2 Å². The predicted molar refractivity (Wildman–Crippen MR) is 67.3 cm³/mol. The largest absolute Gasteiger partial charge is 0.497 e. The Morgan fingerprint density at radius 1 is 1.47 bits per heavy atom. The van der Waals surface area contributed by atoms with Crippen LogP contribution in [0.1, 0.15) is 6.42 Å². The van der Waals surface area contributed by atoms with E-state index in [9.17, 15) is 9.59 Å². The summed E-state index contributed by atoms with van der Waals surface area (Å²) in [5.74, 6) is -0.510. The first-order valence-corrected chi connectivity index (χ1v) is 5.87. The number of rotatable bonds is 4. The Morgan fingerprint density at radius 3 is 2.74 bits per heavy atom. The Bertz CT molecular complexity index is 470. The van der Waals surface area contributed by atoms with Crippen molar-refractivity contribution >= 4 is 17.6 Å². The van der Waals surface area contributed by atoms with Crippen LogP contribution in [0.5, 0.6) is 5.75 Å². The van der Waals surface area contributed by atoms with Crippen LogP contribution in [0.3, 0.4) is 0 Å². The summed E-state index contributed by atoms with van der Waals surface area (Å²) in [6, 6.07) is 6.45. The zero-order valence-electron chi connectivity index (χ0n) is 10.5. The van der Waals surface area contributed by atoms with Crippen molar-refractivity contribution in [2.75, 3.05) is 25.2 Å². The lowest BCUT2D eigenvalue weighted by atomic mass is 10.1. The van der Waals surface area contributed by atoms with Crippen LogP contribution in [0.2, 0.25) is 0 Å². The summed E-state index contributed by atoms with van der Waals surface area (Å²) in [5.41, 5.74) is 0.653. The van der Waals surface area contributed by atoms with Gasteiger partial charge in [0.2, 0.25) is 0 Å². The third-order valence-electron chi connectivity index (χ3n) is 2.93. The molecule has 1 aromatic rings. The molecule has 6 nitrogen and oxygen atoms in total. The maximum Gasteiger partial charge on any atom is 0.305 e. The summed E-state index contributed by atoms with van der Waals surface area (Å²) in [7, 11) is 1.56. The number of carboxylic acids is 1. The fourth-order valence-corrected chi connectivity index (χ4v) is 2.08. The van der Waals surface area contributed by atoms with Crippen molar-refractivity contribution in [3.8, 4) is 5.75 Å². The monoisotopic (exact) mass is 265 g/mol. The molecule has 1 aromatic carbocycles. The molecule has 1 fully saturated rings. The highest BCUT2D eigenvalue weighted by atomic mass is 16.5. The molecule has 6 heteroatoms. The number of morpholine rings is 1. The third-order valence-corrected chi connectivity index (χ3v) is 2.93. The number of benzene rings is 1. The van der Waals surface area contributed by atoms with Crippen LogP contribution in [-0.4, -0.2) is 43.3 Å². The number of carbonyl (C=O) groups excluding carboxylic acids is 1. The molecule has 1 unspecified atom stereocenters. The topological polar surface area (TPSA) is 76.1 Å². The molecule has 1 saturated heterocycles. The van der Waals surface area contributed by atoms with Crippen LogP contribution in [0.4, 0.5) is 5.69 Å². The molecule has 2 rings (SSSR count). The normalized spacial score (nSPS) is 19.3. The van der Waals surface area contributed by atoms with E-state index in [-0.39, 0.29) is 25.5 Å². The Kier molecular flexibility index (Phi) is 4.01. The van der Waals surface area contributed by atoms with Gasteiger partial charge in [0.1, 0.15) is 12.4 Å². The van der Waals surface area contributed by atoms with Crippen molar-refractivity contribution in [2.24, 2.45) is 0 Å². The fourth-order valence-electron chi connectivity index (χ4n) is 2.08. The van der Waals surface area contributed by atoms with Crippen LogP contribution in [0, 0.1) is 0 Å². The van der Waals surface area contributed by atoms with Crippen molar-refractivity contribution in [1.82, 2.24) is 0 Å². The predicted octanol–water partition coefficient (Wildman–Crippen LogP) is 0.902. The standard InChI is InChI=1S/C13H15NO5/c1-18-11-4-2-9(3-5-11)14-10(6-13(16)17)7-19-8-12(14)15/h2-5,10H,6-8H2,1H3,(H,16,17). The molecule has 19 heavy (non-hydrogen) atoms. The first-order chi connectivity index (χ1) is 9.11. The van der Waals surface area contributed by atoms with Crippen LogP contribution in [0.25, 0.3) is 0 Å². The Morgan fingerprint density at radius 2 is 2.16 bits per heavy atom. The van der Waals surface area contributed by atoms with E-state index in [0.717, 1.165) is 0 Å². The lowest BCUT2D eigenvalue weighted by Gasteiger charge is -2.34. The van der Waals surface area contributed by atoms with Crippen molar-refractivity contribution in [3.63, 3.8) is 0 Å². The maximum atomic E-state index is 11.9. The molecule has 0 aromatic heterocycles. The average molecular weight is 265 g/mol. The number of amides is 1. The number of methoxy groups -OCH3 is 1. The van der Waals surface area contributed by atoms with Gasteiger partial charge in [0, 0.05) is 5.69 Å². The van der Waals surface area contributed by atoms with Gasteiger partial charge in [-0.05, 0) is 24.3 Å². The van der Waals surface area contributed by atoms with E-state index >= 15 is 0 Å². The van der Waals surface area contributed by atoms with E-state index in [1.807, 2.05) is 0 Å². The minimum absolute atomic E-state index is 0.0256. The number of aliphatic carboxylic acids is 1. The van der Waals surface area contributed by atoms with Crippen molar-refractivity contribution in [2.45, 2.75) is 12.5 Å². The zero-order valence-corrected chi connectivity index (χ0v) is 10.5. The third kappa shape index (κ3) is 3.03. The highest BCUT2D eigenvalue weighted by molar-refractivity contribution is 5.96. The molecule has 1 N–H and O–H groups in total. The van der Waals surface area contributed by atoms with Gasteiger partial charge in [-0.25, -0.2) is 0 Å². The Hall–Kier alpha value is -2.08. The van der Waals surface area contributed by atoms with Crippen LogP contribution >= 0.6 is 0 Å². The van der Waals surface area contributed by atoms with Gasteiger partial charge in [0.15, 0.2) is 0 Å². The minimum Gasteiger partial charge on any atom is -0.497 e. The lowest BCUT2D eigenvalue weighted by molar-refractivity contribution is -0.138. The van der Waals surface area contributed by atoms with E-state index in [2.05, 4.69) is 0 Å². The molecule has 1 aliphatic heterocycles.